The number of hydrogen-bond donors (Lipinski definition) is 9. The summed E-state index contributed by atoms with van der Waals surface area (Å²) in [6.07, 6.45) is 2.93. The molecule has 2 aromatic rings. The number of benzene rings is 2. The molecular formula is C48H76N8O8. The number of amides is 6. The van der Waals surface area contributed by atoms with Gasteiger partial charge in [0.25, 0.3) is 0 Å². The van der Waals surface area contributed by atoms with Gasteiger partial charge in [-0.2, -0.15) is 0 Å². The van der Waals surface area contributed by atoms with Gasteiger partial charge >= 0.3 is 5.97 Å². The van der Waals surface area contributed by atoms with Crippen molar-refractivity contribution in [2.75, 3.05) is 6.54 Å². The van der Waals surface area contributed by atoms with E-state index in [0.29, 0.717) is 32.2 Å². The molecule has 0 spiro atoms. The highest BCUT2D eigenvalue weighted by molar-refractivity contribution is 5.97. The minimum atomic E-state index is -1.18. The van der Waals surface area contributed by atoms with Crippen molar-refractivity contribution >= 4 is 41.4 Å². The predicted octanol–water partition coefficient (Wildman–Crippen LogP) is 3.11. The van der Waals surface area contributed by atoms with Gasteiger partial charge in [-0.3, -0.25) is 28.8 Å². The van der Waals surface area contributed by atoms with Gasteiger partial charge in [-0.15, -0.1) is 0 Å². The molecule has 0 aliphatic rings. The Bertz CT molecular complexity index is 1780. The maximum Gasteiger partial charge on any atom is 0.326 e. The highest BCUT2D eigenvalue weighted by Crippen LogP contribution is 2.15. The summed E-state index contributed by atoms with van der Waals surface area (Å²) in [7, 11) is 0. The van der Waals surface area contributed by atoms with E-state index >= 15 is 0 Å². The van der Waals surface area contributed by atoms with Crippen LogP contribution >= 0.6 is 0 Å². The average Bonchev–Trinajstić information content (AvgIpc) is 3.25. The first kappa shape index (κ1) is 54.8. The molecule has 0 aliphatic heterocycles. The largest absolute Gasteiger partial charge is 0.480 e. The molecule has 9 atom stereocenters. The summed E-state index contributed by atoms with van der Waals surface area (Å²) in [5, 5.41) is 26.5. The van der Waals surface area contributed by atoms with E-state index in [-0.39, 0.29) is 49.9 Å². The highest BCUT2D eigenvalue weighted by atomic mass is 16.4. The van der Waals surface area contributed by atoms with Gasteiger partial charge in [0.15, 0.2) is 0 Å². The van der Waals surface area contributed by atoms with Crippen molar-refractivity contribution in [2.24, 2.45) is 35.1 Å². The van der Waals surface area contributed by atoms with E-state index < -0.39 is 89.6 Å². The SMILES string of the molecule is CC[C@H](C)[C@H](NC(=O)[C@H](CC(C)C)NC(=O)[C@H](CC(C)C)NC(=O)[C@H](CCCCN)NC(=O)[C@@H](NC(=O)[C@H](Cc1ccccc1)NC(=O)[C@@H](N)Cc1ccccc1)[C@@H](C)CC)C(=O)O. The quantitative estimate of drug-likeness (QED) is 0.0539. The van der Waals surface area contributed by atoms with Crippen LogP contribution in [0.4, 0.5) is 0 Å². The molecule has 0 aromatic heterocycles. The Morgan fingerprint density at radius 3 is 1.39 bits per heavy atom. The topological polar surface area (TPSA) is 264 Å². The molecule has 11 N–H and O–H groups in total. The number of rotatable bonds is 29. The maximum absolute atomic E-state index is 14.3. The number of nitrogens with one attached hydrogen (secondary N) is 6. The normalized spacial score (nSPS) is 15.6. The fourth-order valence-corrected chi connectivity index (χ4v) is 7.16. The van der Waals surface area contributed by atoms with Crippen LogP contribution in [0.3, 0.4) is 0 Å². The number of hydrogen-bond acceptors (Lipinski definition) is 9. The van der Waals surface area contributed by atoms with Gasteiger partial charge < -0.3 is 48.5 Å². The van der Waals surface area contributed by atoms with E-state index in [0.717, 1.165) is 11.1 Å². The number of carboxylic acids is 1. The number of unbranched alkanes of at least 4 members (excludes halogenated alkanes) is 1. The third-order valence-corrected chi connectivity index (χ3v) is 11.4. The van der Waals surface area contributed by atoms with Crippen molar-refractivity contribution in [2.45, 2.75) is 155 Å². The summed E-state index contributed by atoms with van der Waals surface area (Å²) in [5.74, 6) is -5.78. The molecule has 0 fully saturated rings. The molecular weight excluding hydrogens is 817 g/mol. The fraction of sp³-hybridized carbons (Fsp3) is 0.604. The Morgan fingerprint density at radius 2 is 0.922 bits per heavy atom. The summed E-state index contributed by atoms with van der Waals surface area (Å²) >= 11 is 0. The number of carbonyl (C=O) groups excluding carboxylic acids is 6. The first-order valence-electron chi connectivity index (χ1n) is 22.9. The van der Waals surface area contributed by atoms with Gasteiger partial charge in [0.1, 0.15) is 36.3 Å². The molecule has 64 heavy (non-hydrogen) atoms. The number of carbonyl (C=O) groups is 7. The molecule has 2 aromatic carbocycles. The number of carboxylic acid groups (broad SMARTS) is 1. The van der Waals surface area contributed by atoms with Gasteiger partial charge in [-0.1, -0.05) is 129 Å². The molecule has 356 valence electrons. The summed E-state index contributed by atoms with van der Waals surface area (Å²) in [4.78, 5) is 95.5. The number of aliphatic carboxylic acids is 1. The fourth-order valence-electron chi connectivity index (χ4n) is 7.16. The van der Waals surface area contributed by atoms with E-state index in [4.69, 9.17) is 11.5 Å². The Kier molecular flexibility index (Phi) is 24.3. The third-order valence-electron chi connectivity index (χ3n) is 11.4. The van der Waals surface area contributed by atoms with Crippen molar-refractivity contribution in [3.8, 4) is 0 Å². The van der Waals surface area contributed by atoms with Crippen LogP contribution in [0.15, 0.2) is 60.7 Å². The number of nitrogens with two attached hydrogens (primary N) is 2. The second-order valence-corrected chi connectivity index (χ2v) is 17.9. The zero-order chi connectivity index (χ0) is 47.9. The van der Waals surface area contributed by atoms with Crippen LogP contribution in [0.2, 0.25) is 0 Å². The monoisotopic (exact) mass is 893 g/mol. The van der Waals surface area contributed by atoms with E-state index in [9.17, 15) is 38.7 Å². The molecule has 2 rings (SSSR count). The zero-order valence-electron chi connectivity index (χ0n) is 39.2. The molecule has 0 unspecified atom stereocenters. The summed E-state index contributed by atoms with van der Waals surface area (Å²) < 4.78 is 0. The van der Waals surface area contributed by atoms with Crippen LogP contribution in [0.5, 0.6) is 0 Å². The molecule has 16 nitrogen and oxygen atoms in total. The molecule has 0 aliphatic carbocycles. The molecule has 16 heteroatoms. The Hall–Kier alpha value is -5.35. The van der Waals surface area contributed by atoms with E-state index in [1.807, 2.05) is 102 Å². The molecule has 0 radical (unpaired) electrons. The summed E-state index contributed by atoms with van der Waals surface area (Å²) in [6.45, 7) is 15.0. The van der Waals surface area contributed by atoms with Crippen LogP contribution in [0, 0.1) is 23.7 Å². The van der Waals surface area contributed by atoms with Crippen LogP contribution in [-0.2, 0) is 46.4 Å². The Labute approximate surface area is 380 Å². The summed E-state index contributed by atoms with van der Waals surface area (Å²) in [5.41, 5.74) is 13.7. The minimum Gasteiger partial charge on any atom is -0.480 e. The first-order chi connectivity index (χ1) is 30.3. The van der Waals surface area contributed by atoms with Crippen LogP contribution in [-0.4, -0.2) is 95.4 Å². The minimum absolute atomic E-state index is 0.0516. The van der Waals surface area contributed by atoms with E-state index in [1.165, 1.54) is 0 Å². The third kappa shape index (κ3) is 19.2. The van der Waals surface area contributed by atoms with Crippen molar-refractivity contribution in [1.82, 2.24) is 31.9 Å². The van der Waals surface area contributed by atoms with Crippen LogP contribution in [0.1, 0.15) is 111 Å². The second kappa shape index (κ2) is 28.4. The van der Waals surface area contributed by atoms with E-state index in [2.05, 4.69) is 31.9 Å². The Balaban J connectivity index is 2.38. The van der Waals surface area contributed by atoms with Gasteiger partial charge in [0.05, 0.1) is 6.04 Å². The van der Waals surface area contributed by atoms with Crippen molar-refractivity contribution in [3.05, 3.63) is 71.8 Å². The maximum atomic E-state index is 14.3. The predicted molar refractivity (Wildman–Crippen MR) is 248 cm³/mol. The molecule has 0 heterocycles. The smallest absolute Gasteiger partial charge is 0.326 e. The molecule has 0 bridgehead atoms. The lowest BCUT2D eigenvalue weighted by atomic mass is 9.96. The second-order valence-electron chi connectivity index (χ2n) is 17.9. The standard InChI is InChI=1S/C48H76N8O8/c1-9-31(7)40(55-46(61)39(28-34-21-15-12-16-22-34)52-42(57)35(50)27-33-19-13-11-14-20-33)47(62)51-36(23-17-18-24-49)43(58)53-37(25-29(3)4)44(59)54-38(26-30(5)6)45(60)56-41(48(63)64)32(8)10-2/h11-16,19-22,29-32,35-41H,9-10,17-18,23-28,49-50H2,1-8H3,(H,51,62)(H,52,57)(H,53,58)(H,54,59)(H,55,61)(H,56,60)(H,63,64)/t31-,32-,35-,36-,37-,38-,39-,40-,41-/m0/s1. The van der Waals surface area contributed by atoms with Gasteiger partial charge in [0, 0.05) is 6.42 Å². The lowest BCUT2D eigenvalue weighted by molar-refractivity contribution is -0.144. The van der Waals surface area contributed by atoms with Crippen molar-refractivity contribution < 1.29 is 38.7 Å². The van der Waals surface area contributed by atoms with Crippen molar-refractivity contribution in [3.63, 3.8) is 0 Å². The van der Waals surface area contributed by atoms with Crippen LogP contribution in [0.25, 0.3) is 0 Å². The molecule has 0 saturated carbocycles. The van der Waals surface area contributed by atoms with Gasteiger partial charge in [-0.25, -0.2) is 4.79 Å². The Morgan fingerprint density at radius 1 is 0.516 bits per heavy atom. The lowest BCUT2D eigenvalue weighted by Gasteiger charge is -2.30. The average molecular weight is 893 g/mol. The summed E-state index contributed by atoms with van der Waals surface area (Å²) in [6, 6.07) is 10.7. The van der Waals surface area contributed by atoms with Crippen LogP contribution < -0.4 is 43.4 Å². The van der Waals surface area contributed by atoms with E-state index in [1.54, 1.807) is 13.8 Å². The van der Waals surface area contributed by atoms with Gasteiger partial charge in [0.2, 0.25) is 35.4 Å². The highest BCUT2D eigenvalue weighted by Gasteiger charge is 2.36. The lowest BCUT2D eigenvalue weighted by Crippen LogP contribution is -2.61. The zero-order valence-corrected chi connectivity index (χ0v) is 39.2. The van der Waals surface area contributed by atoms with Gasteiger partial charge in [-0.05, 0) is 79.9 Å². The molecule has 6 amide bonds. The first-order valence-corrected chi connectivity index (χ1v) is 22.9. The molecule has 0 saturated heterocycles. The van der Waals surface area contributed by atoms with Crippen molar-refractivity contribution in [1.29, 1.82) is 0 Å².